The van der Waals surface area contributed by atoms with Crippen molar-refractivity contribution in [3.05, 3.63) is 12.4 Å². The summed E-state index contributed by atoms with van der Waals surface area (Å²) in [7, 11) is 0. The van der Waals surface area contributed by atoms with Crippen molar-refractivity contribution in [3.63, 3.8) is 0 Å². The third-order valence-electron chi connectivity index (χ3n) is 2.33. The number of nitrogens with one attached hydrogen (secondary N) is 1. The smallest absolute Gasteiger partial charge is 0.157 e. The molecule has 2 atom stereocenters. The van der Waals surface area contributed by atoms with Crippen LogP contribution in [-0.4, -0.2) is 37.4 Å². The first-order valence-corrected chi connectivity index (χ1v) is 4.64. The molecule has 0 spiro atoms. The zero-order valence-corrected chi connectivity index (χ0v) is 8.70. The molecule has 0 aliphatic carbocycles. The number of ether oxygens (including phenoxy) is 1. The summed E-state index contributed by atoms with van der Waals surface area (Å²) in [5.74, 6) is 0. The normalized spacial score (nSPS) is 28.4. The van der Waals surface area contributed by atoms with E-state index in [9.17, 15) is 0 Å². The Labute approximate surface area is 90.1 Å². The van der Waals surface area contributed by atoms with Crippen LogP contribution in [0, 0.1) is 11.3 Å². The number of nitrogens with zero attached hydrogens (tertiary/aromatic N) is 2. The predicted molar refractivity (Wildman–Crippen MR) is 46.5 cm³/mol. The molecule has 2 rings (SSSR count). The van der Waals surface area contributed by atoms with Gasteiger partial charge in [-0.3, -0.25) is 4.90 Å². The standard InChI is InChI=1S/C9H13N3O.ClH/c10-2-1-3-11-4-5-12(8-11)6-9-7-13-9;/h4-5,9H,1,3,6-8H2;1H. The number of halogens is 1. The molecular weight excluding hydrogens is 202 g/mol. The molecule has 0 saturated carbocycles. The van der Waals surface area contributed by atoms with Crippen molar-refractivity contribution in [2.75, 3.05) is 26.4 Å². The summed E-state index contributed by atoms with van der Waals surface area (Å²) in [6.07, 6.45) is 5.32. The lowest BCUT2D eigenvalue weighted by molar-refractivity contribution is -0.848. The van der Waals surface area contributed by atoms with Gasteiger partial charge in [-0.1, -0.05) is 0 Å². The van der Waals surface area contributed by atoms with E-state index in [1.165, 1.54) is 4.90 Å². The molecule has 0 aromatic rings. The van der Waals surface area contributed by atoms with Gasteiger partial charge in [-0.05, 0) is 0 Å². The van der Waals surface area contributed by atoms with Gasteiger partial charge in [0.15, 0.2) is 6.67 Å². The maximum atomic E-state index is 8.43. The van der Waals surface area contributed by atoms with Gasteiger partial charge in [0.05, 0.1) is 44.5 Å². The van der Waals surface area contributed by atoms with E-state index in [0.29, 0.717) is 12.5 Å². The monoisotopic (exact) mass is 215 g/mol. The molecule has 2 aliphatic rings. The van der Waals surface area contributed by atoms with E-state index in [4.69, 9.17) is 10.00 Å². The van der Waals surface area contributed by atoms with Crippen LogP contribution in [0.2, 0.25) is 0 Å². The average Bonchev–Trinajstić information content (AvgIpc) is 2.81. The van der Waals surface area contributed by atoms with Crippen molar-refractivity contribution in [3.8, 4) is 6.07 Å². The van der Waals surface area contributed by atoms with Gasteiger partial charge >= 0.3 is 0 Å². The van der Waals surface area contributed by atoms with Crippen molar-refractivity contribution in [1.82, 2.24) is 4.90 Å². The van der Waals surface area contributed by atoms with E-state index in [2.05, 4.69) is 23.4 Å². The summed E-state index contributed by atoms with van der Waals surface area (Å²) in [4.78, 5) is 3.62. The number of quaternary nitrogens is 1. The topological polar surface area (TPSA) is 44.0 Å². The summed E-state index contributed by atoms with van der Waals surface area (Å²) in [6, 6.07) is 2.16. The molecule has 4 nitrogen and oxygen atoms in total. The van der Waals surface area contributed by atoms with E-state index < -0.39 is 0 Å². The predicted octanol–water partition coefficient (Wildman–Crippen LogP) is -4.07. The van der Waals surface area contributed by atoms with Gasteiger partial charge in [0.25, 0.3) is 0 Å². The summed E-state index contributed by atoms with van der Waals surface area (Å²) in [6.45, 7) is 3.82. The number of hydrogen-bond acceptors (Lipinski definition) is 3. The molecule has 2 aliphatic heterocycles. The lowest BCUT2D eigenvalue weighted by Gasteiger charge is -2.14. The van der Waals surface area contributed by atoms with Crippen molar-refractivity contribution in [2.24, 2.45) is 0 Å². The fourth-order valence-electron chi connectivity index (χ4n) is 1.52. The minimum absolute atomic E-state index is 0. The van der Waals surface area contributed by atoms with Crippen LogP contribution in [0.25, 0.3) is 0 Å². The molecule has 0 amide bonds. The van der Waals surface area contributed by atoms with Gasteiger partial charge in [0, 0.05) is 0 Å². The highest BCUT2D eigenvalue weighted by molar-refractivity contribution is 4.84. The molecule has 2 unspecified atom stereocenters. The summed E-state index contributed by atoms with van der Waals surface area (Å²) < 4.78 is 5.15. The molecule has 1 N–H and O–H groups in total. The first-order chi connectivity index (χ1) is 6.38. The molecule has 0 radical (unpaired) electrons. The quantitative estimate of drug-likeness (QED) is 0.486. The Morgan fingerprint density at radius 1 is 1.64 bits per heavy atom. The first-order valence-electron chi connectivity index (χ1n) is 4.64. The lowest BCUT2D eigenvalue weighted by Crippen LogP contribution is -3.07. The van der Waals surface area contributed by atoms with Crippen LogP contribution in [0.4, 0.5) is 0 Å². The second-order valence-electron chi connectivity index (χ2n) is 3.52. The molecule has 0 aromatic heterocycles. The molecule has 1 fully saturated rings. The maximum Gasteiger partial charge on any atom is 0.157 e. The highest BCUT2D eigenvalue weighted by Gasteiger charge is 2.27. The summed E-state index contributed by atoms with van der Waals surface area (Å²) in [5, 5.41) is 8.43. The van der Waals surface area contributed by atoms with Crippen molar-refractivity contribution < 1.29 is 22.0 Å². The lowest BCUT2D eigenvalue weighted by atomic mass is 10.4. The molecule has 14 heavy (non-hydrogen) atoms. The summed E-state index contributed by atoms with van der Waals surface area (Å²) in [5.41, 5.74) is 0. The Morgan fingerprint density at radius 2 is 2.43 bits per heavy atom. The molecule has 78 valence electrons. The highest BCUT2D eigenvalue weighted by atomic mass is 35.5. The zero-order chi connectivity index (χ0) is 9.10. The zero-order valence-electron chi connectivity index (χ0n) is 7.95. The van der Waals surface area contributed by atoms with Crippen LogP contribution in [-0.2, 0) is 4.74 Å². The maximum absolute atomic E-state index is 8.43. The number of hydrogen-bond donors (Lipinski definition) is 1. The van der Waals surface area contributed by atoms with Crippen LogP contribution in [0.3, 0.4) is 0 Å². The van der Waals surface area contributed by atoms with E-state index >= 15 is 0 Å². The molecule has 0 bridgehead atoms. The minimum Gasteiger partial charge on any atom is -1.00 e. The largest absolute Gasteiger partial charge is 1.00 e. The van der Waals surface area contributed by atoms with Gasteiger partial charge in [-0.15, -0.1) is 0 Å². The van der Waals surface area contributed by atoms with Gasteiger partial charge in [0.1, 0.15) is 6.20 Å². The van der Waals surface area contributed by atoms with Gasteiger partial charge in [-0.25, -0.2) is 0 Å². The number of nitriles is 1. The third kappa shape index (κ3) is 3.18. The van der Waals surface area contributed by atoms with Crippen molar-refractivity contribution in [2.45, 2.75) is 12.5 Å². The SMILES string of the molecule is N#CCC[NH+]1C=CN(CC2CO2)C1.[Cl-]. The van der Waals surface area contributed by atoms with Crippen LogP contribution < -0.4 is 17.3 Å². The Balaban J connectivity index is 0.000000980. The summed E-state index contributed by atoms with van der Waals surface area (Å²) >= 11 is 0. The van der Waals surface area contributed by atoms with Crippen molar-refractivity contribution >= 4 is 0 Å². The fourth-order valence-corrected chi connectivity index (χ4v) is 1.52. The van der Waals surface area contributed by atoms with Gasteiger partial charge in [-0.2, -0.15) is 5.26 Å². The molecule has 2 heterocycles. The van der Waals surface area contributed by atoms with Crippen LogP contribution in [0.15, 0.2) is 12.4 Å². The van der Waals surface area contributed by atoms with E-state index in [0.717, 1.165) is 26.4 Å². The second-order valence-corrected chi connectivity index (χ2v) is 3.52. The van der Waals surface area contributed by atoms with E-state index in [1.807, 2.05) is 0 Å². The van der Waals surface area contributed by atoms with Crippen LogP contribution in [0.1, 0.15) is 6.42 Å². The van der Waals surface area contributed by atoms with E-state index in [1.54, 1.807) is 0 Å². The highest BCUT2D eigenvalue weighted by Crippen LogP contribution is 2.10. The Bertz CT molecular complexity index is 247. The fraction of sp³-hybridized carbons (Fsp3) is 0.667. The van der Waals surface area contributed by atoms with Crippen LogP contribution in [0.5, 0.6) is 0 Å². The minimum atomic E-state index is 0. The Kier molecular flexibility index (Phi) is 4.21. The second kappa shape index (κ2) is 5.20. The number of epoxide rings is 1. The van der Waals surface area contributed by atoms with E-state index in [-0.39, 0.29) is 12.4 Å². The van der Waals surface area contributed by atoms with Crippen molar-refractivity contribution in [1.29, 1.82) is 5.26 Å². The molecule has 5 heteroatoms. The Morgan fingerprint density at radius 3 is 3.07 bits per heavy atom. The molecule has 0 aromatic carbocycles. The number of rotatable bonds is 4. The first kappa shape index (κ1) is 11.3. The third-order valence-corrected chi connectivity index (χ3v) is 2.33. The molecule has 1 saturated heterocycles. The average molecular weight is 216 g/mol. The van der Waals surface area contributed by atoms with Gasteiger partial charge in [0.2, 0.25) is 0 Å². The van der Waals surface area contributed by atoms with Crippen LogP contribution >= 0.6 is 0 Å². The molecular formula is C9H14ClN3O. The van der Waals surface area contributed by atoms with Gasteiger partial charge < -0.3 is 22.0 Å². The Hall–Kier alpha value is -0.760.